The molecule has 2 atom stereocenters. The molecule has 0 spiro atoms. The minimum atomic E-state index is -0.357. The Morgan fingerprint density at radius 1 is 1.53 bits per heavy atom. The number of likely N-dealkylation sites (tertiary alicyclic amines) is 1. The molecular formula is C13H18BrN3O2. The number of non-ortho nitro benzene ring substituents is 1. The molecule has 19 heavy (non-hydrogen) atoms. The summed E-state index contributed by atoms with van der Waals surface area (Å²) in [7, 11) is 0. The lowest BCUT2D eigenvalue weighted by Gasteiger charge is -2.21. The third kappa shape index (κ3) is 3.52. The molecule has 0 aliphatic carbocycles. The summed E-state index contributed by atoms with van der Waals surface area (Å²) in [5.74, 6) is 0.539. The SMILES string of the molecule is CC1CC(CN)CN1Cc1cc(Br)cc([N+](=O)[O-])c1. The first-order valence-electron chi connectivity index (χ1n) is 6.37. The highest BCUT2D eigenvalue weighted by Crippen LogP contribution is 2.27. The molecule has 1 fully saturated rings. The van der Waals surface area contributed by atoms with E-state index in [2.05, 4.69) is 27.8 Å². The van der Waals surface area contributed by atoms with Crippen LogP contribution in [-0.4, -0.2) is 29.0 Å². The van der Waals surface area contributed by atoms with Gasteiger partial charge in [0.2, 0.25) is 0 Å². The highest BCUT2D eigenvalue weighted by molar-refractivity contribution is 9.10. The van der Waals surface area contributed by atoms with E-state index in [4.69, 9.17) is 5.73 Å². The largest absolute Gasteiger partial charge is 0.330 e. The number of hydrogen-bond donors (Lipinski definition) is 1. The molecule has 1 aliphatic rings. The van der Waals surface area contributed by atoms with Gasteiger partial charge in [-0.05, 0) is 37.4 Å². The van der Waals surface area contributed by atoms with Gasteiger partial charge in [0, 0.05) is 35.7 Å². The first kappa shape index (κ1) is 14.4. The quantitative estimate of drug-likeness (QED) is 0.681. The predicted octanol–water partition coefficient (Wildman–Crippen LogP) is 2.53. The average molecular weight is 328 g/mol. The summed E-state index contributed by atoms with van der Waals surface area (Å²) in [6.07, 6.45) is 1.10. The molecule has 1 heterocycles. The lowest BCUT2D eigenvalue weighted by atomic mass is 10.1. The van der Waals surface area contributed by atoms with E-state index in [0.717, 1.165) is 29.5 Å². The summed E-state index contributed by atoms with van der Waals surface area (Å²) in [4.78, 5) is 12.8. The Labute approximate surface area is 121 Å². The molecule has 1 aromatic rings. The number of benzene rings is 1. The van der Waals surface area contributed by atoms with Crippen LogP contribution in [-0.2, 0) is 6.54 Å². The molecule has 2 N–H and O–H groups in total. The van der Waals surface area contributed by atoms with Gasteiger partial charge in [0.25, 0.3) is 5.69 Å². The summed E-state index contributed by atoms with van der Waals surface area (Å²) in [5, 5.41) is 10.9. The maximum Gasteiger partial charge on any atom is 0.270 e. The number of hydrogen-bond acceptors (Lipinski definition) is 4. The molecule has 1 aromatic carbocycles. The monoisotopic (exact) mass is 327 g/mol. The fourth-order valence-corrected chi connectivity index (χ4v) is 3.20. The maximum atomic E-state index is 10.9. The number of nitrogens with two attached hydrogens (primary N) is 1. The van der Waals surface area contributed by atoms with Crippen molar-refractivity contribution in [1.29, 1.82) is 0 Å². The fourth-order valence-electron chi connectivity index (χ4n) is 2.67. The number of nitrogens with zero attached hydrogens (tertiary/aromatic N) is 2. The molecule has 0 bridgehead atoms. The second-order valence-electron chi connectivity index (χ2n) is 5.19. The van der Waals surface area contributed by atoms with Crippen molar-refractivity contribution in [3.63, 3.8) is 0 Å². The van der Waals surface area contributed by atoms with Gasteiger partial charge in [-0.3, -0.25) is 15.0 Å². The van der Waals surface area contributed by atoms with Crippen LogP contribution in [0.5, 0.6) is 0 Å². The van der Waals surface area contributed by atoms with Crippen LogP contribution in [0, 0.1) is 16.0 Å². The minimum absolute atomic E-state index is 0.131. The molecule has 0 saturated carbocycles. The molecule has 0 radical (unpaired) electrons. The normalized spacial score (nSPS) is 23.7. The van der Waals surface area contributed by atoms with Gasteiger partial charge in [-0.1, -0.05) is 15.9 Å². The van der Waals surface area contributed by atoms with Crippen molar-refractivity contribution in [3.05, 3.63) is 38.3 Å². The summed E-state index contributed by atoms with van der Waals surface area (Å²) in [6, 6.07) is 5.59. The van der Waals surface area contributed by atoms with Crippen molar-refractivity contribution in [2.24, 2.45) is 11.7 Å². The molecule has 0 amide bonds. The second-order valence-corrected chi connectivity index (χ2v) is 6.11. The van der Waals surface area contributed by atoms with Gasteiger partial charge in [-0.25, -0.2) is 0 Å². The van der Waals surface area contributed by atoms with Gasteiger partial charge in [0.05, 0.1) is 4.92 Å². The molecule has 0 aromatic heterocycles. The second kappa shape index (κ2) is 5.98. The van der Waals surface area contributed by atoms with E-state index in [-0.39, 0.29) is 10.6 Å². The smallest absolute Gasteiger partial charge is 0.270 e. The van der Waals surface area contributed by atoms with Gasteiger partial charge in [-0.15, -0.1) is 0 Å². The first-order valence-corrected chi connectivity index (χ1v) is 7.17. The van der Waals surface area contributed by atoms with Crippen molar-refractivity contribution in [1.82, 2.24) is 4.90 Å². The Morgan fingerprint density at radius 2 is 2.26 bits per heavy atom. The molecule has 1 saturated heterocycles. The summed E-state index contributed by atoms with van der Waals surface area (Å²) >= 11 is 3.33. The molecule has 5 nitrogen and oxygen atoms in total. The highest BCUT2D eigenvalue weighted by Gasteiger charge is 2.28. The van der Waals surface area contributed by atoms with E-state index in [9.17, 15) is 10.1 Å². The van der Waals surface area contributed by atoms with Crippen LogP contribution in [0.4, 0.5) is 5.69 Å². The summed E-state index contributed by atoms with van der Waals surface area (Å²) in [6.45, 7) is 4.59. The molecule has 2 rings (SSSR count). The third-order valence-corrected chi connectivity index (χ3v) is 4.12. The topological polar surface area (TPSA) is 72.4 Å². The van der Waals surface area contributed by atoms with Crippen LogP contribution in [0.25, 0.3) is 0 Å². The lowest BCUT2D eigenvalue weighted by molar-refractivity contribution is -0.385. The number of nitro benzene ring substituents is 1. The van der Waals surface area contributed by atoms with Crippen LogP contribution in [0.3, 0.4) is 0 Å². The highest BCUT2D eigenvalue weighted by atomic mass is 79.9. The van der Waals surface area contributed by atoms with Gasteiger partial charge in [0.1, 0.15) is 0 Å². The number of rotatable bonds is 4. The summed E-state index contributed by atoms with van der Waals surface area (Å²) < 4.78 is 0.749. The zero-order valence-corrected chi connectivity index (χ0v) is 12.5. The Kier molecular flexibility index (Phi) is 4.54. The van der Waals surface area contributed by atoms with E-state index < -0.39 is 0 Å². The number of halogens is 1. The van der Waals surface area contributed by atoms with E-state index in [1.54, 1.807) is 6.07 Å². The van der Waals surface area contributed by atoms with Crippen molar-refractivity contribution in [2.45, 2.75) is 25.9 Å². The van der Waals surface area contributed by atoms with Crippen LogP contribution in [0.15, 0.2) is 22.7 Å². The first-order chi connectivity index (χ1) is 8.99. The van der Waals surface area contributed by atoms with Gasteiger partial charge in [-0.2, -0.15) is 0 Å². The molecule has 104 valence electrons. The van der Waals surface area contributed by atoms with Crippen molar-refractivity contribution >= 4 is 21.6 Å². The zero-order chi connectivity index (χ0) is 14.0. The Bertz CT molecular complexity index is 481. The zero-order valence-electron chi connectivity index (χ0n) is 10.9. The van der Waals surface area contributed by atoms with Crippen LogP contribution in [0.1, 0.15) is 18.9 Å². The number of nitro groups is 1. The average Bonchev–Trinajstić information content (AvgIpc) is 2.69. The van der Waals surface area contributed by atoms with E-state index in [1.807, 2.05) is 6.07 Å². The van der Waals surface area contributed by atoms with Crippen LogP contribution in [0.2, 0.25) is 0 Å². The third-order valence-electron chi connectivity index (χ3n) is 3.66. The summed E-state index contributed by atoms with van der Waals surface area (Å²) in [5.41, 5.74) is 6.81. The van der Waals surface area contributed by atoms with Crippen molar-refractivity contribution in [2.75, 3.05) is 13.1 Å². The minimum Gasteiger partial charge on any atom is -0.330 e. The van der Waals surface area contributed by atoms with Gasteiger partial charge < -0.3 is 5.73 Å². The fraction of sp³-hybridized carbons (Fsp3) is 0.538. The molecule has 1 aliphatic heterocycles. The van der Waals surface area contributed by atoms with Gasteiger partial charge in [0.15, 0.2) is 0 Å². The van der Waals surface area contributed by atoms with Crippen molar-refractivity contribution < 1.29 is 4.92 Å². The van der Waals surface area contributed by atoms with E-state index in [1.165, 1.54) is 6.07 Å². The Hall–Kier alpha value is -0.980. The van der Waals surface area contributed by atoms with E-state index >= 15 is 0 Å². The van der Waals surface area contributed by atoms with Crippen LogP contribution >= 0.6 is 15.9 Å². The maximum absolute atomic E-state index is 10.9. The molecule has 2 unspecified atom stereocenters. The predicted molar refractivity (Wildman–Crippen MR) is 77.8 cm³/mol. The molecular weight excluding hydrogens is 310 g/mol. The van der Waals surface area contributed by atoms with Crippen molar-refractivity contribution in [3.8, 4) is 0 Å². The van der Waals surface area contributed by atoms with Crippen LogP contribution < -0.4 is 5.73 Å². The standard InChI is InChI=1S/C13H18BrN3O2/c1-9-2-11(6-15)8-16(9)7-10-3-12(14)5-13(4-10)17(18)19/h3-5,9,11H,2,6-8,15H2,1H3. The van der Waals surface area contributed by atoms with E-state index in [0.29, 0.717) is 18.5 Å². The lowest BCUT2D eigenvalue weighted by Crippen LogP contribution is -2.27. The Balaban J connectivity index is 2.13. The van der Waals surface area contributed by atoms with Gasteiger partial charge >= 0.3 is 0 Å². The molecule has 6 heteroatoms. The Morgan fingerprint density at radius 3 is 2.84 bits per heavy atom.